The Kier molecular flexibility index (Phi) is 4.90. The molecule has 0 bridgehead atoms. The fourth-order valence-electron chi connectivity index (χ4n) is 1.63. The second-order valence-corrected chi connectivity index (χ2v) is 5.30. The van der Waals surface area contributed by atoms with Crippen molar-refractivity contribution in [2.45, 2.75) is 24.1 Å². The quantitative estimate of drug-likeness (QED) is 0.547. The molecule has 0 aliphatic carbocycles. The highest BCUT2D eigenvalue weighted by atomic mass is 32.2. The lowest BCUT2D eigenvalue weighted by Gasteiger charge is -2.20. The lowest BCUT2D eigenvalue weighted by Crippen LogP contribution is -2.21. The molecule has 0 spiro atoms. The number of hydrogen-bond acceptors (Lipinski definition) is 2. The van der Waals surface area contributed by atoms with Crippen LogP contribution in [0.25, 0.3) is 0 Å². The first-order valence-electron chi connectivity index (χ1n) is 6.08. The topological polar surface area (TPSA) is 9.23 Å². The summed E-state index contributed by atoms with van der Waals surface area (Å²) >= 11 is 0.576. The van der Waals surface area contributed by atoms with Crippen LogP contribution in [0.2, 0.25) is 0 Å². The molecular weight excluding hydrogens is 304 g/mol. The summed E-state index contributed by atoms with van der Waals surface area (Å²) in [7, 11) is 0. The average molecular weight is 316 g/mol. The smallest absolute Gasteiger partial charge is 0.293 e. The number of rotatable bonds is 4. The summed E-state index contributed by atoms with van der Waals surface area (Å²) < 4.78 is 56.9. The molecule has 0 saturated heterocycles. The molecule has 6 heteroatoms. The zero-order chi connectivity index (χ0) is 15.5. The molecule has 1 unspecified atom stereocenters. The Labute approximate surface area is 124 Å². The first-order chi connectivity index (χ1) is 9.86. The summed E-state index contributed by atoms with van der Waals surface area (Å²) in [5.74, 6) is -0.453. The summed E-state index contributed by atoms with van der Waals surface area (Å²) in [6, 6.07) is 11.0. The normalized spacial score (nSPS) is 13.2. The SMILES string of the molecule is Cc1ccc(C(OSc2ccc(F)cc2)C(F)(F)F)cc1. The Morgan fingerprint density at radius 1 is 0.952 bits per heavy atom. The largest absolute Gasteiger partial charge is 0.420 e. The van der Waals surface area contributed by atoms with Gasteiger partial charge in [-0.2, -0.15) is 13.2 Å². The zero-order valence-electron chi connectivity index (χ0n) is 11.0. The molecule has 0 radical (unpaired) electrons. The third-order valence-corrected chi connectivity index (χ3v) is 3.48. The van der Waals surface area contributed by atoms with Crippen LogP contribution in [0, 0.1) is 12.7 Å². The van der Waals surface area contributed by atoms with Gasteiger partial charge in [0.25, 0.3) is 0 Å². The molecule has 2 rings (SSSR count). The minimum Gasteiger partial charge on any atom is -0.293 e. The van der Waals surface area contributed by atoms with E-state index in [2.05, 4.69) is 0 Å². The Bertz CT molecular complexity index is 578. The second kappa shape index (κ2) is 6.49. The number of alkyl halides is 3. The van der Waals surface area contributed by atoms with Crippen LogP contribution in [-0.4, -0.2) is 6.18 Å². The van der Waals surface area contributed by atoms with Gasteiger partial charge in [-0.1, -0.05) is 29.8 Å². The van der Waals surface area contributed by atoms with Gasteiger partial charge in [-0.15, -0.1) is 0 Å². The molecule has 2 aromatic rings. The maximum absolute atomic E-state index is 13.1. The molecule has 0 aromatic heterocycles. The zero-order valence-corrected chi connectivity index (χ0v) is 11.8. The summed E-state index contributed by atoms with van der Waals surface area (Å²) in [4.78, 5) is 0.401. The van der Waals surface area contributed by atoms with Gasteiger partial charge in [-0.3, -0.25) is 4.18 Å². The molecule has 0 fully saturated rings. The number of aryl methyl sites for hydroxylation is 1. The molecule has 0 amide bonds. The molecule has 1 nitrogen and oxygen atoms in total. The maximum atomic E-state index is 13.1. The van der Waals surface area contributed by atoms with E-state index in [0.29, 0.717) is 16.9 Å². The van der Waals surface area contributed by atoms with E-state index >= 15 is 0 Å². The van der Waals surface area contributed by atoms with E-state index in [0.717, 1.165) is 5.56 Å². The van der Waals surface area contributed by atoms with E-state index in [9.17, 15) is 17.6 Å². The van der Waals surface area contributed by atoms with Gasteiger partial charge in [0.05, 0.1) is 0 Å². The van der Waals surface area contributed by atoms with Gasteiger partial charge in [0.15, 0.2) is 6.10 Å². The molecular formula is C15H12F4OS. The number of benzene rings is 2. The Morgan fingerprint density at radius 2 is 1.52 bits per heavy atom. The summed E-state index contributed by atoms with van der Waals surface area (Å²) in [6.45, 7) is 1.79. The van der Waals surface area contributed by atoms with E-state index < -0.39 is 18.1 Å². The third-order valence-electron chi connectivity index (χ3n) is 2.73. The van der Waals surface area contributed by atoms with Crippen molar-refractivity contribution in [2.75, 3.05) is 0 Å². The number of hydrogen-bond donors (Lipinski definition) is 0. The van der Waals surface area contributed by atoms with Crippen molar-refractivity contribution < 1.29 is 21.7 Å². The first-order valence-corrected chi connectivity index (χ1v) is 6.82. The van der Waals surface area contributed by atoms with E-state index in [1.165, 1.54) is 36.4 Å². The summed E-state index contributed by atoms with van der Waals surface area (Å²) in [5, 5.41) is 0. The van der Waals surface area contributed by atoms with Crippen molar-refractivity contribution in [3.05, 3.63) is 65.5 Å². The molecule has 0 aliphatic rings. The Balaban J connectivity index is 2.14. The molecule has 0 N–H and O–H groups in total. The van der Waals surface area contributed by atoms with Gasteiger partial charge in [0, 0.05) is 16.9 Å². The predicted octanol–water partition coefficient (Wildman–Crippen LogP) is 5.46. The van der Waals surface area contributed by atoms with Crippen molar-refractivity contribution in [3.8, 4) is 0 Å². The molecule has 2 aromatic carbocycles. The number of halogens is 4. The van der Waals surface area contributed by atoms with Crippen LogP contribution in [0.1, 0.15) is 17.2 Å². The van der Waals surface area contributed by atoms with Crippen molar-refractivity contribution in [1.82, 2.24) is 0 Å². The van der Waals surface area contributed by atoms with Crippen molar-refractivity contribution in [3.63, 3.8) is 0 Å². The van der Waals surface area contributed by atoms with Crippen molar-refractivity contribution in [1.29, 1.82) is 0 Å². The first kappa shape index (κ1) is 15.9. The van der Waals surface area contributed by atoms with Gasteiger partial charge < -0.3 is 0 Å². The third kappa shape index (κ3) is 4.47. The second-order valence-electron chi connectivity index (χ2n) is 4.47. The van der Waals surface area contributed by atoms with Gasteiger partial charge in [0.1, 0.15) is 5.82 Å². The van der Waals surface area contributed by atoms with E-state index in [1.807, 2.05) is 0 Å². The lowest BCUT2D eigenvalue weighted by molar-refractivity contribution is -0.194. The van der Waals surface area contributed by atoms with E-state index in [4.69, 9.17) is 4.18 Å². The Hall–Kier alpha value is -1.53. The lowest BCUT2D eigenvalue weighted by atomic mass is 10.1. The van der Waals surface area contributed by atoms with Crippen molar-refractivity contribution >= 4 is 12.0 Å². The standard InChI is InChI=1S/C15H12F4OS/c1-10-2-4-11(5-3-10)14(15(17,18)19)20-21-13-8-6-12(16)7-9-13/h2-9,14H,1H3. The van der Waals surface area contributed by atoms with Crippen LogP contribution in [0.3, 0.4) is 0 Å². The van der Waals surface area contributed by atoms with Crippen LogP contribution >= 0.6 is 12.0 Å². The van der Waals surface area contributed by atoms with Crippen LogP contribution < -0.4 is 0 Å². The molecule has 1 atom stereocenters. The fourth-order valence-corrected chi connectivity index (χ4v) is 2.31. The molecule has 112 valence electrons. The minimum atomic E-state index is -4.53. The van der Waals surface area contributed by atoms with E-state index in [1.54, 1.807) is 19.1 Å². The van der Waals surface area contributed by atoms with Gasteiger partial charge >= 0.3 is 6.18 Å². The maximum Gasteiger partial charge on any atom is 0.420 e. The highest BCUT2D eigenvalue weighted by Crippen LogP contribution is 2.40. The van der Waals surface area contributed by atoms with Crippen LogP contribution in [0.5, 0.6) is 0 Å². The monoisotopic (exact) mass is 316 g/mol. The predicted molar refractivity (Wildman–Crippen MR) is 73.3 cm³/mol. The van der Waals surface area contributed by atoms with Gasteiger partial charge in [0.2, 0.25) is 0 Å². The molecule has 0 saturated carbocycles. The van der Waals surface area contributed by atoms with Gasteiger partial charge in [-0.05, 0) is 36.8 Å². The Morgan fingerprint density at radius 3 is 2.05 bits per heavy atom. The fraction of sp³-hybridized carbons (Fsp3) is 0.200. The van der Waals surface area contributed by atoms with Gasteiger partial charge in [-0.25, -0.2) is 4.39 Å². The van der Waals surface area contributed by atoms with Crippen molar-refractivity contribution in [2.24, 2.45) is 0 Å². The molecule has 0 heterocycles. The summed E-state index contributed by atoms with van der Waals surface area (Å²) in [5.41, 5.74) is 0.897. The highest BCUT2D eigenvalue weighted by molar-refractivity contribution is 7.94. The van der Waals surface area contributed by atoms with Crippen LogP contribution in [0.15, 0.2) is 53.4 Å². The highest BCUT2D eigenvalue weighted by Gasteiger charge is 2.42. The summed E-state index contributed by atoms with van der Waals surface area (Å²) in [6.07, 6.45) is -6.56. The van der Waals surface area contributed by atoms with Crippen LogP contribution in [0.4, 0.5) is 17.6 Å². The van der Waals surface area contributed by atoms with Crippen LogP contribution in [-0.2, 0) is 4.18 Å². The minimum absolute atomic E-state index is 0.0303. The molecule has 21 heavy (non-hydrogen) atoms. The van der Waals surface area contributed by atoms with E-state index in [-0.39, 0.29) is 5.56 Å². The molecule has 0 aliphatic heterocycles. The average Bonchev–Trinajstić information content (AvgIpc) is 2.42.